The molecule has 2 fully saturated rings. The van der Waals surface area contributed by atoms with E-state index in [0.717, 1.165) is 25.2 Å². The van der Waals surface area contributed by atoms with E-state index in [2.05, 4.69) is 35.1 Å². The number of rotatable bonds is 2. The molecular weight excluding hydrogens is 238 g/mol. The van der Waals surface area contributed by atoms with Gasteiger partial charge in [0, 0.05) is 26.1 Å². The molecule has 1 unspecified atom stereocenters. The van der Waals surface area contributed by atoms with Gasteiger partial charge in [-0.1, -0.05) is 6.07 Å². The van der Waals surface area contributed by atoms with Crippen molar-refractivity contribution >= 4 is 11.0 Å². The molecule has 19 heavy (non-hydrogen) atoms. The van der Waals surface area contributed by atoms with E-state index < -0.39 is 0 Å². The summed E-state index contributed by atoms with van der Waals surface area (Å²) in [6.07, 6.45) is 2.75. The summed E-state index contributed by atoms with van der Waals surface area (Å²) in [7, 11) is 2.13. The molecule has 1 N–H and O–H groups in total. The van der Waals surface area contributed by atoms with Crippen molar-refractivity contribution in [2.24, 2.45) is 7.05 Å². The number of aromatic nitrogens is 2. The third kappa shape index (κ3) is 1.95. The van der Waals surface area contributed by atoms with Crippen LogP contribution in [-0.2, 0) is 11.8 Å². The molecule has 4 rings (SSSR count). The van der Waals surface area contributed by atoms with Crippen LogP contribution in [0.3, 0.4) is 0 Å². The second kappa shape index (κ2) is 4.32. The second-order valence-electron chi connectivity index (χ2n) is 5.62. The quantitative estimate of drug-likeness (QED) is 0.895. The van der Waals surface area contributed by atoms with Gasteiger partial charge >= 0.3 is 0 Å². The zero-order chi connectivity index (χ0) is 12.8. The summed E-state index contributed by atoms with van der Waals surface area (Å²) < 4.78 is 8.06. The molecule has 0 amide bonds. The summed E-state index contributed by atoms with van der Waals surface area (Å²) in [5, 5.41) is 3.38. The molecule has 2 aliphatic rings. The van der Waals surface area contributed by atoms with E-state index in [4.69, 9.17) is 9.72 Å². The summed E-state index contributed by atoms with van der Waals surface area (Å²) >= 11 is 0. The molecule has 100 valence electrons. The number of nitrogens with one attached hydrogen (secondary N) is 1. The van der Waals surface area contributed by atoms with Crippen LogP contribution in [0, 0.1) is 0 Å². The van der Waals surface area contributed by atoms with Gasteiger partial charge in [-0.2, -0.15) is 0 Å². The van der Waals surface area contributed by atoms with Gasteiger partial charge in [-0.3, -0.25) is 0 Å². The first-order valence-electron chi connectivity index (χ1n) is 7.11. The normalized spacial score (nSPS) is 23.9. The highest BCUT2D eigenvalue weighted by Crippen LogP contribution is 2.40. The third-order valence-corrected chi connectivity index (χ3v) is 4.18. The molecule has 1 saturated carbocycles. The molecule has 0 radical (unpaired) electrons. The van der Waals surface area contributed by atoms with Crippen LogP contribution in [0.2, 0.25) is 0 Å². The van der Waals surface area contributed by atoms with Gasteiger partial charge in [0.15, 0.2) is 0 Å². The highest BCUT2D eigenvalue weighted by molar-refractivity contribution is 5.77. The Bertz CT molecular complexity index is 609. The average Bonchev–Trinajstić information content (AvgIpc) is 3.25. The van der Waals surface area contributed by atoms with Crippen molar-refractivity contribution in [3.8, 4) is 0 Å². The lowest BCUT2D eigenvalue weighted by atomic mass is 10.1. The largest absolute Gasteiger partial charge is 0.371 e. The van der Waals surface area contributed by atoms with Gasteiger partial charge in [-0.05, 0) is 30.5 Å². The standard InChI is InChI=1S/C15H19N3O/c1-18-13-5-4-11(14-9-16-6-7-19-14)8-12(13)17-15(18)10-2-3-10/h4-5,8,10,14,16H,2-3,6-7,9H2,1H3. The van der Waals surface area contributed by atoms with Crippen LogP contribution in [0.1, 0.15) is 36.3 Å². The van der Waals surface area contributed by atoms with Crippen molar-refractivity contribution in [1.82, 2.24) is 14.9 Å². The van der Waals surface area contributed by atoms with Crippen molar-refractivity contribution in [2.75, 3.05) is 19.7 Å². The zero-order valence-corrected chi connectivity index (χ0v) is 11.2. The van der Waals surface area contributed by atoms with Crippen LogP contribution >= 0.6 is 0 Å². The number of hydrogen-bond acceptors (Lipinski definition) is 3. The first-order chi connectivity index (χ1) is 9.33. The molecular formula is C15H19N3O. The van der Waals surface area contributed by atoms with E-state index in [0.29, 0.717) is 5.92 Å². The van der Waals surface area contributed by atoms with Crippen molar-refractivity contribution in [2.45, 2.75) is 24.9 Å². The molecule has 1 aromatic heterocycles. The van der Waals surface area contributed by atoms with Gasteiger partial charge in [-0.15, -0.1) is 0 Å². The van der Waals surface area contributed by atoms with Crippen LogP contribution in [0.5, 0.6) is 0 Å². The Kier molecular flexibility index (Phi) is 2.60. The molecule has 2 aromatic rings. The molecule has 1 aromatic carbocycles. The van der Waals surface area contributed by atoms with E-state index >= 15 is 0 Å². The van der Waals surface area contributed by atoms with Gasteiger partial charge < -0.3 is 14.6 Å². The highest BCUT2D eigenvalue weighted by Gasteiger charge is 2.28. The molecule has 1 saturated heterocycles. The Morgan fingerprint density at radius 3 is 3.00 bits per heavy atom. The Hall–Kier alpha value is -1.39. The van der Waals surface area contributed by atoms with Crippen molar-refractivity contribution in [1.29, 1.82) is 0 Å². The van der Waals surface area contributed by atoms with Crippen LogP contribution in [0.25, 0.3) is 11.0 Å². The molecule has 4 nitrogen and oxygen atoms in total. The number of aryl methyl sites for hydroxylation is 1. The number of fused-ring (bicyclic) bond motifs is 1. The Labute approximate surface area is 112 Å². The van der Waals surface area contributed by atoms with Gasteiger partial charge in [0.05, 0.1) is 23.7 Å². The fourth-order valence-corrected chi connectivity index (χ4v) is 2.92. The topological polar surface area (TPSA) is 39.1 Å². The first kappa shape index (κ1) is 11.4. The van der Waals surface area contributed by atoms with E-state index in [1.807, 2.05) is 0 Å². The Balaban J connectivity index is 1.74. The van der Waals surface area contributed by atoms with Gasteiger partial charge in [-0.25, -0.2) is 4.98 Å². The number of imidazole rings is 1. The monoisotopic (exact) mass is 257 g/mol. The molecule has 2 heterocycles. The summed E-state index contributed by atoms with van der Waals surface area (Å²) in [6, 6.07) is 6.55. The first-order valence-corrected chi connectivity index (χ1v) is 7.11. The molecule has 1 aliphatic heterocycles. The lowest BCUT2D eigenvalue weighted by molar-refractivity contribution is 0.0278. The Morgan fingerprint density at radius 2 is 2.26 bits per heavy atom. The minimum atomic E-state index is 0.171. The third-order valence-electron chi connectivity index (χ3n) is 4.18. The van der Waals surface area contributed by atoms with Gasteiger partial charge in [0.1, 0.15) is 5.82 Å². The predicted molar refractivity (Wildman–Crippen MR) is 74.3 cm³/mol. The maximum atomic E-state index is 5.81. The molecule has 1 aliphatic carbocycles. The number of benzene rings is 1. The van der Waals surface area contributed by atoms with Crippen LogP contribution in [-0.4, -0.2) is 29.2 Å². The van der Waals surface area contributed by atoms with Crippen LogP contribution in [0.4, 0.5) is 0 Å². The van der Waals surface area contributed by atoms with Crippen LogP contribution < -0.4 is 5.32 Å². The molecule has 0 bridgehead atoms. The minimum absolute atomic E-state index is 0.171. The Morgan fingerprint density at radius 1 is 1.37 bits per heavy atom. The SMILES string of the molecule is Cn1c(C2CC2)nc2cc(C3CNCCO3)ccc21. The summed E-state index contributed by atoms with van der Waals surface area (Å²) in [5.74, 6) is 1.93. The van der Waals surface area contributed by atoms with E-state index in [1.54, 1.807) is 0 Å². The number of nitrogens with zero attached hydrogens (tertiary/aromatic N) is 2. The predicted octanol–water partition coefficient (Wildman–Crippen LogP) is 2.11. The summed E-state index contributed by atoms with van der Waals surface area (Å²) in [4.78, 5) is 4.82. The van der Waals surface area contributed by atoms with Gasteiger partial charge in [0.25, 0.3) is 0 Å². The number of morpholine rings is 1. The van der Waals surface area contributed by atoms with Crippen molar-refractivity contribution in [3.05, 3.63) is 29.6 Å². The maximum absolute atomic E-state index is 5.81. The summed E-state index contributed by atoms with van der Waals surface area (Å²) in [5.41, 5.74) is 3.57. The number of ether oxygens (including phenoxy) is 1. The van der Waals surface area contributed by atoms with E-state index in [1.165, 1.54) is 29.7 Å². The molecule has 4 heteroatoms. The minimum Gasteiger partial charge on any atom is -0.371 e. The molecule has 0 spiro atoms. The molecule has 1 atom stereocenters. The maximum Gasteiger partial charge on any atom is 0.112 e. The van der Waals surface area contributed by atoms with Crippen molar-refractivity contribution < 1.29 is 4.74 Å². The highest BCUT2D eigenvalue weighted by atomic mass is 16.5. The fraction of sp³-hybridized carbons (Fsp3) is 0.533. The van der Waals surface area contributed by atoms with E-state index in [-0.39, 0.29) is 6.10 Å². The summed E-state index contributed by atoms with van der Waals surface area (Å²) in [6.45, 7) is 2.64. The fourth-order valence-electron chi connectivity index (χ4n) is 2.92. The van der Waals surface area contributed by atoms with Gasteiger partial charge in [0.2, 0.25) is 0 Å². The number of hydrogen-bond donors (Lipinski definition) is 1. The zero-order valence-electron chi connectivity index (χ0n) is 11.2. The lowest BCUT2D eigenvalue weighted by Crippen LogP contribution is -2.33. The van der Waals surface area contributed by atoms with E-state index in [9.17, 15) is 0 Å². The lowest BCUT2D eigenvalue weighted by Gasteiger charge is -2.23. The average molecular weight is 257 g/mol. The van der Waals surface area contributed by atoms with Crippen molar-refractivity contribution in [3.63, 3.8) is 0 Å². The van der Waals surface area contributed by atoms with Crippen LogP contribution in [0.15, 0.2) is 18.2 Å². The smallest absolute Gasteiger partial charge is 0.112 e. The second-order valence-corrected chi connectivity index (χ2v) is 5.62.